The molecule has 1 atom stereocenters. The quantitative estimate of drug-likeness (QED) is 0.520. The standard InChI is InChI=1S/C20H26N2O5S2/c1-2-3-8-17(27-20(26)21-10-9-18(23)24)19(25)22(13-15-6-4-11-28-15)14-16-7-5-12-29-16/h4-7,11-12,17H,2-3,8-10,13-14H2,1H3,(H,21,26)(H,23,24)/t17-/m0/s1. The number of carboxylic acid groups (broad SMARTS) is 1. The lowest BCUT2D eigenvalue weighted by Gasteiger charge is -2.26. The predicted octanol–water partition coefficient (Wildman–Crippen LogP) is 4.10. The zero-order valence-corrected chi connectivity index (χ0v) is 18.0. The molecule has 2 amide bonds. The smallest absolute Gasteiger partial charge is 0.407 e. The molecule has 2 heterocycles. The van der Waals surface area contributed by atoms with E-state index in [0.29, 0.717) is 19.5 Å². The Morgan fingerprint density at radius 1 is 1.14 bits per heavy atom. The van der Waals surface area contributed by atoms with Gasteiger partial charge in [-0.15, -0.1) is 22.7 Å². The minimum atomic E-state index is -1.01. The number of unbranched alkanes of at least 4 members (excludes halogenated alkanes) is 1. The maximum absolute atomic E-state index is 13.3. The van der Waals surface area contributed by atoms with E-state index < -0.39 is 18.2 Å². The number of carboxylic acids is 1. The number of rotatable bonds is 12. The molecule has 0 spiro atoms. The first-order chi connectivity index (χ1) is 14.0. The van der Waals surface area contributed by atoms with Crippen molar-refractivity contribution in [1.29, 1.82) is 0 Å². The van der Waals surface area contributed by atoms with Gasteiger partial charge in [0.2, 0.25) is 0 Å². The molecule has 0 radical (unpaired) electrons. The van der Waals surface area contributed by atoms with Crippen molar-refractivity contribution in [3.05, 3.63) is 44.8 Å². The molecule has 2 rings (SSSR count). The van der Waals surface area contributed by atoms with Crippen molar-refractivity contribution >= 4 is 40.6 Å². The number of thiophene rings is 2. The summed E-state index contributed by atoms with van der Waals surface area (Å²) in [5.74, 6) is -1.25. The van der Waals surface area contributed by atoms with Gasteiger partial charge in [-0.25, -0.2) is 4.79 Å². The van der Waals surface area contributed by atoms with Crippen LogP contribution >= 0.6 is 22.7 Å². The second-order valence-electron chi connectivity index (χ2n) is 6.46. The molecule has 0 bridgehead atoms. The van der Waals surface area contributed by atoms with E-state index in [-0.39, 0.29) is 18.9 Å². The third kappa shape index (κ3) is 8.25. The van der Waals surface area contributed by atoms with Gasteiger partial charge in [0.05, 0.1) is 19.5 Å². The third-order valence-corrected chi connectivity index (χ3v) is 5.84. The molecule has 0 aliphatic rings. The number of hydrogen-bond acceptors (Lipinski definition) is 6. The van der Waals surface area contributed by atoms with E-state index in [0.717, 1.165) is 22.6 Å². The van der Waals surface area contributed by atoms with Crippen LogP contribution in [-0.2, 0) is 27.4 Å². The molecular formula is C20H26N2O5S2. The van der Waals surface area contributed by atoms with Crippen molar-refractivity contribution in [1.82, 2.24) is 10.2 Å². The number of nitrogens with zero attached hydrogens (tertiary/aromatic N) is 1. The fourth-order valence-corrected chi connectivity index (χ4v) is 4.10. The summed E-state index contributed by atoms with van der Waals surface area (Å²) in [5.41, 5.74) is 0. The van der Waals surface area contributed by atoms with Gasteiger partial charge in [0.15, 0.2) is 6.10 Å². The Balaban J connectivity index is 2.07. The summed E-state index contributed by atoms with van der Waals surface area (Å²) in [4.78, 5) is 39.7. The van der Waals surface area contributed by atoms with Crippen LogP contribution in [0.2, 0.25) is 0 Å². The van der Waals surface area contributed by atoms with Gasteiger partial charge in [0.1, 0.15) is 0 Å². The Bertz CT molecular complexity index is 726. The highest BCUT2D eigenvalue weighted by Gasteiger charge is 2.28. The molecule has 2 aromatic heterocycles. The maximum atomic E-state index is 13.3. The van der Waals surface area contributed by atoms with Gasteiger partial charge in [0, 0.05) is 16.3 Å². The van der Waals surface area contributed by atoms with Gasteiger partial charge in [-0.1, -0.05) is 25.5 Å². The van der Waals surface area contributed by atoms with Crippen LogP contribution in [0.5, 0.6) is 0 Å². The van der Waals surface area contributed by atoms with Gasteiger partial charge < -0.3 is 20.1 Å². The Labute approximate surface area is 178 Å². The molecule has 0 aliphatic heterocycles. The van der Waals surface area contributed by atoms with Crippen molar-refractivity contribution in [3.63, 3.8) is 0 Å². The molecule has 158 valence electrons. The van der Waals surface area contributed by atoms with Crippen molar-refractivity contribution in [2.24, 2.45) is 0 Å². The molecule has 2 N–H and O–H groups in total. The molecule has 2 aromatic rings. The van der Waals surface area contributed by atoms with Gasteiger partial charge in [-0.3, -0.25) is 9.59 Å². The Morgan fingerprint density at radius 3 is 2.24 bits per heavy atom. The summed E-state index contributed by atoms with van der Waals surface area (Å²) < 4.78 is 5.39. The minimum Gasteiger partial charge on any atom is -0.481 e. The number of alkyl carbamates (subject to hydrolysis) is 1. The molecule has 0 aliphatic carbocycles. The van der Waals surface area contributed by atoms with E-state index in [9.17, 15) is 14.4 Å². The average molecular weight is 439 g/mol. The fraction of sp³-hybridized carbons (Fsp3) is 0.450. The number of hydrogen-bond donors (Lipinski definition) is 2. The van der Waals surface area contributed by atoms with E-state index in [2.05, 4.69) is 5.32 Å². The summed E-state index contributed by atoms with van der Waals surface area (Å²) in [6.45, 7) is 2.85. The summed E-state index contributed by atoms with van der Waals surface area (Å²) >= 11 is 3.14. The van der Waals surface area contributed by atoms with E-state index in [1.54, 1.807) is 27.6 Å². The van der Waals surface area contributed by atoms with Crippen LogP contribution in [0.15, 0.2) is 35.0 Å². The molecule has 0 saturated carbocycles. The van der Waals surface area contributed by atoms with Crippen LogP contribution < -0.4 is 5.32 Å². The highest BCUT2D eigenvalue weighted by atomic mass is 32.1. The van der Waals surface area contributed by atoms with E-state index in [1.165, 1.54) is 0 Å². The summed E-state index contributed by atoms with van der Waals surface area (Å²) in [7, 11) is 0. The average Bonchev–Trinajstić information content (AvgIpc) is 3.38. The van der Waals surface area contributed by atoms with Gasteiger partial charge in [-0.05, 0) is 35.7 Å². The molecule has 0 unspecified atom stereocenters. The molecule has 29 heavy (non-hydrogen) atoms. The first-order valence-corrected chi connectivity index (χ1v) is 11.2. The molecule has 0 saturated heterocycles. The summed E-state index contributed by atoms with van der Waals surface area (Å²) in [6.07, 6.45) is 0.153. The van der Waals surface area contributed by atoms with Crippen LogP contribution in [0.3, 0.4) is 0 Å². The van der Waals surface area contributed by atoms with Crippen LogP contribution in [0.4, 0.5) is 4.79 Å². The molecule has 9 heteroatoms. The lowest BCUT2D eigenvalue weighted by Crippen LogP contribution is -2.42. The Morgan fingerprint density at radius 2 is 1.76 bits per heavy atom. The second kappa shape index (κ2) is 12.2. The lowest BCUT2D eigenvalue weighted by atomic mass is 10.1. The Kier molecular flexibility index (Phi) is 9.66. The maximum Gasteiger partial charge on any atom is 0.407 e. The van der Waals surface area contributed by atoms with Crippen molar-refractivity contribution < 1.29 is 24.2 Å². The number of aliphatic carboxylic acids is 1. The van der Waals surface area contributed by atoms with Gasteiger partial charge in [0.25, 0.3) is 5.91 Å². The number of nitrogens with one attached hydrogen (secondary N) is 1. The third-order valence-electron chi connectivity index (χ3n) is 4.12. The van der Waals surface area contributed by atoms with Gasteiger partial charge >= 0.3 is 12.1 Å². The highest BCUT2D eigenvalue weighted by Crippen LogP contribution is 2.20. The van der Waals surface area contributed by atoms with Crippen LogP contribution in [0.25, 0.3) is 0 Å². The molecule has 7 nitrogen and oxygen atoms in total. The van der Waals surface area contributed by atoms with Crippen molar-refractivity contribution in [2.75, 3.05) is 6.54 Å². The normalized spacial score (nSPS) is 11.6. The predicted molar refractivity (Wildman–Crippen MR) is 113 cm³/mol. The van der Waals surface area contributed by atoms with Crippen molar-refractivity contribution in [3.8, 4) is 0 Å². The topological polar surface area (TPSA) is 95.9 Å². The van der Waals surface area contributed by atoms with E-state index in [4.69, 9.17) is 9.84 Å². The highest BCUT2D eigenvalue weighted by molar-refractivity contribution is 7.10. The number of carbonyl (C=O) groups excluding carboxylic acids is 2. The first kappa shape index (κ1) is 22.9. The fourth-order valence-electron chi connectivity index (χ4n) is 2.66. The second-order valence-corrected chi connectivity index (χ2v) is 8.52. The Hall–Kier alpha value is -2.39. The molecule has 0 fully saturated rings. The van der Waals surface area contributed by atoms with Crippen LogP contribution in [0, 0.1) is 0 Å². The number of carbonyl (C=O) groups is 3. The zero-order valence-electron chi connectivity index (χ0n) is 16.3. The molecule has 0 aromatic carbocycles. The lowest BCUT2D eigenvalue weighted by molar-refractivity contribution is -0.142. The largest absolute Gasteiger partial charge is 0.481 e. The van der Waals surface area contributed by atoms with E-state index >= 15 is 0 Å². The monoisotopic (exact) mass is 438 g/mol. The van der Waals surface area contributed by atoms with Crippen LogP contribution in [-0.4, -0.2) is 40.6 Å². The minimum absolute atomic E-state index is 0.0447. The number of amides is 2. The summed E-state index contributed by atoms with van der Waals surface area (Å²) in [6, 6.07) is 7.82. The zero-order chi connectivity index (χ0) is 21.1. The summed E-state index contributed by atoms with van der Waals surface area (Å²) in [5, 5.41) is 15.0. The molecular weight excluding hydrogens is 412 g/mol. The van der Waals surface area contributed by atoms with Gasteiger partial charge in [-0.2, -0.15) is 0 Å². The van der Waals surface area contributed by atoms with Crippen LogP contribution in [0.1, 0.15) is 42.4 Å². The SMILES string of the molecule is CCCC[C@H](OC(=O)NCCC(=O)O)C(=O)N(Cc1cccs1)Cc1cccs1. The number of ether oxygens (including phenoxy) is 1. The first-order valence-electron chi connectivity index (χ1n) is 9.49. The van der Waals surface area contributed by atoms with E-state index in [1.807, 2.05) is 41.9 Å². The van der Waals surface area contributed by atoms with Crippen molar-refractivity contribution in [2.45, 2.75) is 51.8 Å².